The summed E-state index contributed by atoms with van der Waals surface area (Å²) in [7, 11) is 0. The van der Waals surface area contributed by atoms with Crippen molar-refractivity contribution in [3.63, 3.8) is 0 Å². The summed E-state index contributed by atoms with van der Waals surface area (Å²) < 4.78 is 5.38. The van der Waals surface area contributed by atoms with Gasteiger partial charge in [-0.3, -0.25) is 4.79 Å². The lowest BCUT2D eigenvalue weighted by Gasteiger charge is -2.32. The van der Waals surface area contributed by atoms with Crippen LogP contribution in [0.1, 0.15) is 44.9 Å². The maximum Gasteiger partial charge on any atom is 0.410 e. The van der Waals surface area contributed by atoms with Gasteiger partial charge in [-0.15, -0.1) is 0 Å². The Kier molecular flexibility index (Phi) is 5.85. The topological polar surface area (TPSA) is 82.4 Å². The number of ether oxygens (including phenoxy) is 1. The number of hydrogen-bond acceptors (Lipinski definition) is 4. The van der Waals surface area contributed by atoms with Gasteiger partial charge in [-0.2, -0.15) is 5.26 Å². The van der Waals surface area contributed by atoms with Crippen molar-refractivity contribution in [2.24, 2.45) is 5.92 Å². The molecule has 6 heteroatoms. The highest BCUT2D eigenvalue weighted by atomic mass is 16.6. The molecule has 2 amide bonds. The van der Waals surface area contributed by atoms with Gasteiger partial charge in [0, 0.05) is 13.1 Å². The minimum absolute atomic E-state index is 0.0543. The second-order valence-corrected chi connectivity index (χ2v) is 5.83. The number of nitrogens with zero attached hydrogens (tertiary/aromatic N) is 2. The molecule has 2 rings (SSSR count). The van der Waals surface area contributed by atoms with E-state index in [-0.39, 0.29) is 12.5 Å². The Morgan fingerprint density at radius 2 is 1.95 bits per heavy atom. The fourth-order valence-electron chi connectivity index (χ4n) is 2.87. The van der Waals surface area contributed by atoms with E-state index >= 15 is 0 Å². The molecule has 116 valence electrons. The fraction of sp³-hybridized carbons (Fsp3) is 0.800. The Labute approximate surface area is 125 Å². The van der Waals surface area contributed by atoms with Gasteiger partial charge in [-0.25, -0.2) is 4.79 Å². The van der Waals surface area contributed by atoms with Crippen LogP contribution >= 0.6 is 0 Å². The van der Waals surface area contributed by atoms with Crippen molar-refractivity contribution in [1.29, 1.82) is 5.26 Å². The number of amides is 2. The van der Waals surface area contributed by atoms with E-state index < -0.39 is 12.2 Å². The van der Waals surface area contributed by atoms with E-state index in [1.54, 1.807) is 4.90 Å². The van der Waals surface area contributed by atoms with E-state index in [2.05, 4.69) is 5.32 Å². The second kappa shape index (κ2) is 7.87. The predicted molar refractivity (Wildman–Crippen MR) is 76.3 cm³/mol. The first-order valence-corrected chi connectivity index (χ1v) is 7.81. The number of carbonyl (C=O) groups is 2. The molecular formula is C15H23N3O3. The summed E-state index contributed by atoms with van der Waals surface area (Å²) in [6, 6.07) is 1.87. The molecule has 0 bridgehead atoms. The zero-order valence-corrected chi connectivity index (χ0v) is 12.3. The van der Waals surface area contributed by atoms with Crippen LogP contribution in [0.3, 0.4) is 0 Å². The number of hydrogen-bond donors (Lipinski definition) is 1. The van der Waals surface area contributed by atoms with Crippen LogP contribution in [0.15, 0.2) is 0 Å². The summed E-state index contributed by atoms with van der Waals surface area (Å²) in [4.78, 5) is 25.6. The van der Waals surface area contributed by atoms with Crippen LogP contribution in [-0.2, 0) is 9.53 Å². The quantitative estimate of drug-likeness (QED) is 0.784. The molecule has 0 aromatic heterocycles. The summed E-state index contributed by atoms with van der Waals surface area (Å²) in [5, 5.41) is 11.1. The molecular weight excluding hydrogens is 270 g/mol. The van der Waals surface area contributed by atoms with Crippen molar-refractivity contribution in [2.75, 3.05) is 19.6 Å². The van der Waals surface area contributed by atoms with Crippen molar-refractivity contribution in [3.05, 3.63) is 0 Å². The fourth-order valence-corrected chi connectivity index (χ4v) is 2.87. The van der Waals surface area contributed by atoms with E-state index in [9.17, 15) is 9.59 Å². The Balaban J connectivity index is 1.89. The van der Waals surface area contributed by atoms with Crippen LogP contribution < -0.4 is 5.32 Å². The number of nitriles is 1. The first kappa shape index (κ1) is 15.6. The number of rotatable bonds is 5. The van der Waals surface area contributed by atoms with Crippen LogP contribution in [0, 0.1) is 17.2 Å². The molecule has 1 atom stereocenters. The molecule has 0 aromatic carbocycles. The Hall–Kier alpha value is -1.77. The van der Waals surface area contributed by atoms with Crippen molar-refractivity contribution < 1.29 is 14.3 Å². The molecule has 21 heavy (non-hydrogen) atoms. The standard InChI is InChI=1S/C15H23N3O3/c16-7-8-17-14(19)13(11-12-5-2-1-3-6-12)21-15(20)18-9-4-10-18/h12-13H,1-6,8-11H2,(H,17,19). The molecule has 0 spiro atoms. The summed E-state index contributed by atoms with van der Waals surface area (Å²) in [6.45, 7) is 1.35. The van der Waals surface area contributed by atoms with Crippen molar-refractivity contribution >= 4 is 12.0 Å². The maximum atomic E-state index is 12.1. The molecule has 0 radical (unpaired) electrons. The van der Waals surface area contributed by atoms with Crippen LogP contribution in [0.5, 0.6) is 0 Å². The molecule has 2 aliphatic rings. The van der Waals surface area contributed by atoms with Crippen LogP contribution in [-0.4, -0.2) is 42.6 Å². The molecule has 1 saturated carbocycles. The van der Waals surface area contributed by atoms with Crippen LogP contribution in [0.4, 0.5) is 4.79 Å². The molecule has 1 saturated heterocycles. The van der Waals surface area contributed by atoms with Gasteiger partial charge >= 0.3 is 6.09 Å². The van der Waals surface area contributed by atoms with E-state index in [0.29, 0.717) is 25.4 Å². The van der Waals surface area contributed by atoms with Gasteiger partial charge in [0.15, 0.2) is 6.10 Å². The summed E-state index contributed by atoms with van der Waals surface area (Å²) in [5.41, 5.74) is 0. The molecule has 1 aliphatic heterocycles. The lowest BCUT2D eigenvalue weighted by Crippen LogP contribution is -2.47. The van der Waals surface area contributed by atoms with Crippen molar-refractivity contribution in [3.8, 4) is 6.07 Å². The maximum absolute atomic E-state index is 12.1. The second-order valence-electron chi connectivity index (χ2n) is 5.83. The van der Waals surface area contributed by atoms with Gasteiger partial charge < -0.3 is 15.0 Å². The highest BCUT2D eigenvalue weighted by Crippen LogP contribution is 2.28. The van der Waals surface area contributed by atoms with E-state index in [0.717, 1.165) is 19.3 Å². The van der Waals surface area contributed by atoms with Gasteiger partial charge in [-0.05, 0) is 18.8 Å². The Bertz CT molecular complexity index is 409. The van der Waals surface area contributed by atoms with Gasteiger partial charge in [0.05, 0.1) is 6.07 Å². The first-order chi connectivity index (χ1) is 10.2. The Morgan fingerprint density at radius 3 is 2.52 bits per heavy atom. The average molecular weight is 293 g/mol. The SMILES string of the molecule is N#CCNC(=O)C(CC1CCCCC1)OC(=O)N1CCC1. The van der Waals surface area contributed by atoms with Gasteiger partial charge in [0.2, 0.25) is 0 Å². The summed E-state index contributed by atoms with van der Waals surface area (Å²) in [5.74, 6) is 0.0803. The van der Waals surface area contributed by atoms with Crippen molar-refractivity contribution in [1.82, 2.24) is 10.2 Å². The summed E-state index contributed by atoms with van der Waals surface area (Å²) in [6.07, 6.45) is 6.15. The van der Waals surface area contributed by atoms with Gasteiger partial charge in [-0.1, -0.05) is 32.1 Å². The zero-order valence-electron chi connectivity index (χ0n) is 12.3. The molecule has 1 heterocycles. The third kappa shape index (κ3) is 4.62. The predicted octanol–water partition coefficient (Wildman–Crippen LogP) is 1.81. The molecule has 1 N–H and O–H groups in total. The normalized spacial score (nSPS) is 20.0. The number of carbonyl (C=O) groups excluding carboxylic acids is 2. The lowest BCUT2D eigenvalue weighted by atomic mass is 9.85. The molecule has 1 aliphatic carbocycles. The van der Waals surface area contributed by atoms with Gasteiger partial charge in [0.25, 0.3) is 5.91 Å². The molecule has 0 aromatic rings. The highest BCUT2D eigenvalue weighted by molar-refractivity contribution is 5.83. The number of nitrogens with one attached hydrogen (secondary N) is 1. The largest absolute Gasteiger partial charge is 0.436 e. The highest BCUT2D eigenvalue weighted by Gasteiger charge is 2.30. The lowest BCUT2D eigenvalue weighted by molar-refractivity contribution is -0.131. The van der Waals surface area contributed by atoms with Crippen LogP contribution in [0.2, 0.25) is 0 Å². The van der Waals surface area contributed by atoms with Crippen LogP contribution in [0.25, 0.3) is 0 Å². The van der Waals surface area contributed by atoms with Gasteiger partial charge in [0.1, 0.15) is 6.54 Å². The average Bonchev–Trinajstić information content (AvgIpc) is 2.43. The number of likely N-dealkylation sites (tertiary alicyclic amines) is 1. The third-order valence-electron chi connectivity index (χ3n) is 4.26. The van der Waals surface area contributed by atoms with Crippen molar-refractivity contribution in [2.45, 2.75) is 51.0 Å². The molecule has 1 unspecified atom stereocenters. The minimum Gasteiger partial charge on any atom is -0.436 e. The first-order valence-electron chi connectivity index (χ1n) is 7.81. The van der Waals surface area contributed by atoms with E-state index in [1.807, 2.05) is 6.07 Å². The monoisotopic (exact) mass is 293 g/mol. The molecule has 2 fully saturated rings. The zero-order chi connectivity index (χ0) is 15.1. The van der Waals surface area contributed by atoms with E-state index in [1.165, 1.54) is 19.3 Å². The third-order valence-corrected chi connectivity index (χ3v) is 4.26. The Morgan fingerprint density at radius 1 is 1.24 bits per heavy atom. The smallest absolute Gasteiger partial charge is 0.410 e. The summed E-state index contributed by atoms with van der Waals surface area (Å²) >= 11 is 0. The van der Waals surface area contributed by atoms with E-state index in [4.69, 9.17) is 10.00 Å². The minimum atomic E-state index is -0.769. The molecule has 6 nitrogen and oxygen atoms in total.